The number of fused-ring (bicyclic) bond motifs is 2. The Morgan fingerprint density at radius 2 is 1.97 bits per heavy atom. The number of piperidine rings is 1. The van der Waals surface area contributed by atoms with Crippen LogP contribution in [0.4, 0.5) is 4.39 Å². The highest BCUT2D eigenvalue weighted by Crippen LogP contribution is 2.42. The summed E-state index contributed by atoms with van der Waals surface area (Å²) in [6.07, 6.45) is 5.38. The predicted molar refractivity (Wildman–Crippen MR) is 118 cm³/mol. The molecule has 2 atom stereocenters. The number of carbonyl (C=O) groups is 1. The molecule has 5 nitrogen and oxygen atoms in total. The molecule has 31 heavy (non-hydrogen) atoms. The summed E-state index contributed by atoms with van der Waals surface area (Å²) in [4.78, 5) is 21.4. The molecule has 2 aliphatic rings. The van der Waals surface area contributed by atoms with Crippen LogP contribution in [0.15, 0.2) is 48.7 Å². The number of rotatable bonds is 3. The first-order chi connectivity index (χ1) is 15.0. The summed E-state index contributed by atoms with van der Waals surface area (Å²) in [6.45, 7) is 0. The number of nitrogens with zero attached hydrogens (tertiary/aromatic N) is 3. The highest BCUT2D eigenvalue weighted by molar-refractivity contribution is 7.18. The summed E-state index contributed by atoms with van der Waals surface area (Å²) >= 11 is 1.39. The van der Waals surface area contributed by atoms with Crippen LogP contribution in [0.3, 0.4) is 0 Å². The molecule has 3 aromatic rings. The van der Waals surface area contributed by atoms with Crippen molar-refractivity contribution in [3.8, 4) is 27.8 Å². The van der Waals surface area contributed by atoms with Crippen LogP contribution < -0.4 is 5.73 Å². The standard InChI is InChI=1S/C24H21FN4OS/c25-20-9-14(4-5-15(20)13-26)19-12-22(31-23(19)21-3-1-2-8-28-21)24(30)29-17-6-7-18(29)11-16(27)10-17/h1-5,8-9,12,16-18H,6-7,10-11,27H2. The van der Waals surface area contributed by atoms with E-state index in [2.05, 4.69) is 4.98 Å². The molecule has 1 aromatic carbocycles. The van der Waals surface area contributed by atoms with E-state index in [1.807, 2.05) is 35.2 Å². The highest BCUT2D eigenvalue weighted by Gasteiger charge is 2.43. The number of aromatic nitrogens is 1. The molecule has 0 radical (unpaired) electrons. The second-order valence-electron chi connectivity index (χ2n) is 8.20. The van der Waals surface area contributed by atoms with E-state index in [1.54, 1.807) is 12.3 Å². The number of amides is 1. The fourth-order valence-electron chi connectivity index (χ4n) is 4.85. The van der Waals surface area contributed by atoms with E-state index in [0.29, 0.717) is 10.4 Å². The quantitative estimate of drug-likeness (QED) is 0.657. The normalized spacial score (nSPS) is 22.4. The van der Waals surface area contributed by atoms with Gasteiger partial charge in [-0.25, -0.2) is 4.39 Å². The maximum Gasteiger partial charge on any atom is 0.264 e. The Morgan fingerprint density at radius 1 is 1.19 bits per heavy atom. The summed E-state index contributed by atoms with van der Waals surface area (Å²) in [5.41, 5.74) is 8.27. The maximum absolute atomic E-state index is 14.4. The Balaban J connectivity index is 1.58. The average molecular weight is 433 g/mol. The molecule has 4 heterocycles. The Morgan fingerprint density at radius 3 is 2.61 bits per heavy atom. The SMILES string of the molecule is N#Cc1ccc(-c2cc(C(=O)N3C4CCC3CC(N)C4)sc2-c2ccccn2)cc1F. The number of nitriles is 1. The minimum Gasteiger partial charge on any atom is -0.332 e. The monoisotopic (exact) mass is 432 g/mol. The van der Waals surface area contributed by atoms with Crippen molar-refractivity contribution in [1.82, 2.24) is 9.88 Å². The molecule has 2 fully saturated rings. The van der Waals surface area contributed by atoms with Crippen LogP contribution in [0.1, 0.15) is 40.9 Å². The number of nitrogens with two attached hydrogens (primary N) is 1. The zero-order chi connectivity index (χ0) is 21.5. The lowest BCUT2D eigenvalue weighted by molar-refractivity contribution is 0.0580. The average Bonchev–Trinajstić information content (AvgIpc) is 3.34. The number of carbonyl (C=O) groups excluding carboxylic acids is 1. The summed E-state index contributed by atoms with van der Waals surface area (Å²) in [5.74, 6) is -0.559. The summed E-state index contributed by atoms with van der Waals surface area (Å²) < 4.78 is 14.4. The number of thiophene rings is 1. The van der Waals surface area contributed by atoms with Crippen molar-refractivity contribution < 1.29 is 9.18 Å². The van der Waals surface area contributed by atoms with Crippen LogP contribution in [0, 0.1) is 17.1 Å². The van der Waals surface area contributed by atoms with Crippen molar-refractivity contribution in [2.24, 2.45) is 5.73 Å². The van der Waals surface area contributed by atoms with Gasteiger partial charge in [0.25, 0.3) is 5.91 Å². The van der Waals surface area contributed by atoms with E-state index in [9.17, 15) is 9.18 Å². The second kappa shape index (κ2) is 7.88. The van der Waals surface area contributed by atoms with E-state index < -0.39 is 5.82 Å². The minimum atomic E-state index is -0.575. The van der Waals surface area contributed by atoms with Gasteiger partial charge in [-0.15, -0.1) is 11.3 Å². The Bertz CT molecular complexity index is 1170. The molecule has 2 unspecified atom stereocenters. The fraction of sp³-hybridized carbons (Fsp3) is 0.292. The van der Waals surface area contributed by atoms with Crippen LogP contribution in [0.2, 0.25) is 0 Å². The van der Waals surface area contributed by atoms with Crippen molar-refractivity contribution in [2.75, 3.05) is 0 Å². The maximum atomic E-state index is 14.4. The number of pyridine rings is 1. The fourth-order valence-corrected chi connectivity index (χ4v) is 5.95. The van der Waals surface area contributed by atoms with Gasteiger partial charge in [-0.3, -0.25) is 9.78 Å². The third kappa shape index (κ3) is 3.52. The van der Waals surface area contributed by atoms with Crippen LogP contribution >= 0.6 is 11.3 Å². The number of benzene rings is 1. The third-order valence-electron chi connectivity index (χ3n) is 6.24. The van der Waals surface area contributed by atoms with Gasteiger partial charge in [-0.1, -0.05) is 12.1 Å². The molecule has 2 saturated heterocycles. The molecule has 0 saturated carbocycles. The second-order valence-corrected chi connectivity index (χ2v) is 9.26. The first-order valence-corrected chi connectivity index (χ1v) is 11.2. The van der Waals surface area contributed by atoms with Crippen LogP contribution in [0.25, 0.3) is 21.7 Å². The molecule has 2 aromatic heterocycles. The van der Waals surface area contributed by atoms with Gasteiger partial charge in [-0.05, 0) is 61.6 Å². The van der Waals surface area contributed by atoms with Gasteiger partial charge < -0.3 is 10.6 Å². The van der Waals surface area contributed by atoms with Crippen molar-refractivity contribution in [3.05, 3.63) is 64.9 Å². The van der Waals surface area contributed by atoms with Crippen LogP contribution in [0.5, 0.6) is 0 Å². The van der Waals surface area contributed by atoms with E-state index in [-0.39, 0.29) is 29.6 Å². The lowest BCUT2D eigenvalue weighted by Gasteiger charge is -2.37. The molecule has 2 aliphatic heterocycles. The molecule has 7 heteroatoms. The summed E-state index contributed by atoms with van der Waals surface area (Å²) in [7, 11) is 0. The Labute approximate surface area is 183 Å². The summed E-state index contributed by atoms with van der Waals surface area (Å²) in [5, 5.41) is 9.05. The van der Waals surface area contributed by atoms with Crippen molar-refractivity contribution in [1.29, 1.82) is 5.26 Å². The van der Waals surface area contributed by atoms with Crippen molar-refractivity contribution in [3.63, 3.8) is 0 Å². The summed E-state index contributed by atoms with van der Waals surface area (Å²) in [6, 6.07) is 14.4. The highest BCUT2D eigenvalue weighted by atomic mass is 32.1. The molecular weight excluding hydrogens is 411 g/mol. The smallest absolute Gasteiger partial charge is 0.264 e. The predicted octanol–water partition coefficient (Wildman–Crippen LogP) is 4.58. The molecular formula is C24H21FN4OS. The molecule has 156 valence electrons. The molecule has 0 spiro atoms. The van der Waals surface area contributed by atoms with E-state index >= 15 is 0 Å². The van der Waals surface area contributed by atoms with Crippen LogP contribution in [-0.2, 0) is 0 Å². The number of hydrogen-bond donors (Lipinski definition) is 1. The first-order valence-electron chi connectivity index (χ1n) is 10.4. The molecule has 1 amide bonds. The Kier molecular flexibility index (Phi) is 5.05. The minimum absolute atomic E-state index is 0.00380. The molecule has 5 rings (SSSR count). The van der Waals surface area contributed by atoms with Gasteiger partial charge in [0.2, 0.25) is 0 Å². The lowest BCUT2D eigenvalue weighted by Crippen LogP contribution is -2.49. The van der Waals surface area contributed by atoms with Gasteiger partial charge in [0.05, 0.1) is 21.0 Å². The van der Waals surface area contributed by atoms with E-state index in [1.165, 1.54) is 23.5 Å². The zero-order valence-corrected chi connectivity index (χ0v) is 17.6. The molecule has 2 bridgehead atoms. The first kappa shape index (κ1) is 19.9. The Hall–Kier alpha value is -3.08. The van der Waals surface area contributed by atoms with Crippen LogP contribution in [-0.4, -0.2) is 33.9 Å². The van der Waals surface area contributed by atoms with E-state index in [0.717, 1.165) is 41.8 Å². The lowest BCUT2D eigenvalue weighted by atomic mass is 9.97. The van der Waals surface area contributed by atoms with E-state index in [4.69, 9.17) is 11.0 Å². The molecule has 2 N–H and O–H groups in total. The topological polar surface area (TPSA) is 83.0 Å². The largest absolute Gasteiger partial charge is 0.332 e. The van der Waals surface area contributed by atoms with Crippen molar-refractivity contribution >= 4 is 17.2 Å². The number of halogens is 1. The van der Waals surface area contributed by atoms with Gasteiger partial charge in [0.15, 0.2) is 0 Å². The van der Waals surface area contributed by atoms with Gasteiger partial charge in [0.1, 0.15) is 11.9 Å². The number of hydrogen-bond acceptors (Lipinski definition) is 5. The van der Waals surface area contributed by atoms with Gasteiger partial charge in [-0.2, -0.15) is 5.26 Å². The third-order valence-corrected chi connectivity index (χ3v) is 7.39. The zero-order valence-electron chi connectivity index (χ0n) is 16.8. The molecule has 0 aliphatic carbocycles. The van der Waals surface area contributed by atoms with Crippen molar-refractivity contribution in [2.45, 2.75) is 43.8 Å². The van der Waals surface area contributed by atoms with Gasteiger partial charge in [0, 0.05) is 29.9 Å². The van der Waals surface area contributed by atoms with Gasteiger partial charge >= 0.3 is 0 Å².